The molecule has 4 N–H and O–H groups in total. The number of aliphatic imine (C=N–C) groups is 2. The minimum Gasteiger partial charge on any atom is -0.447 e. The number of unbranched alkanes of at least 4 members (excludes halogenated alkanes) is 4. The standard InChI is InChI=1S/C26H34N4O.H2O/c1-3-4-5-9-17-29-18-10-8-12-21-13-11-15-23(19-21)30(26(27)28-2)25-24-16-7-6-14-22(24)20-31-25;/h6-7,11,13-16,18-20H,3-5,8-10,12,17H2,1-2H3,(H2,27,28);1H2. The number of furan rings is 1. The number of nitrogens with two attached hydrogens (primary N) is 1. The summed E-state index contributed by atoms with van der Waals surface area (Å²) in [7, 11) is 1.69. The number of aryl methyl sites for hydroxylation is 1. The van der Waals surface area contributed by atoms with Crippen molar-refractivity contribution in [2.75, 3.05) is 18.5 Å². The van der Waals surface area contributed by atoms with Gasteiger partial charge in [0.05, 0.1) is 5.69 Å². The Kier molecular flexibility index (Phi) is 10.5. The number of nitrogens with zero attached hydrogens (tertiary/aromatic N) is 3. The minimum absolute atomic E-state index is 0. The maximum Gasteiger partial charge on any atom is 0.214 e. The molecular formula is C26H36N4O2. The van der Waals surface area contributed by atoms with Gasteiger partial charge in [0.25, 0.3) is 0 Å². The Morgan fingerprint density at radius 2 is 1.91 bits per heavy atom. The summed E-state index contributed by atoms with van der Waals surface area (Å²) in [6.45, 7) is 3.19. The molecule has 1 heterocycles. The van der Waals surface area contributed by atoms with Crippen LogP contribution in [-0.4, -0.2) is 31.2 Å². The van der Waals surface area contributed by atoms with Gasteiger partial charge in [0.15, 0.2) is 0 Å². The zero-order valence-electron chi connectivity index (χ0n) is 19.3. The third-order valence-electron chi connectivity index (χ3n) is 5.39. The first-order chi connectivity index (χ1) is 15.2. The number of guanidine groups is 1. The quantitative estimate of drug-likeness (QED) is 0.238. The van der Waals surface area contributed by atoms with Crippen LogP contribution in [0.2, 0.25) is 0 Å². The van der Waals surface area contributed by atoms with Gasteiger partial charge in [-0.2, -0.15) is 0 Å². The van der Waals surface area contributed by atoms with Crippen molar-refractivity contribution in [1.29, 1.82) is 0 Å². The second-order valence-corrected chi connectivity index (χ2v) is 7.76. The maximum absolute atomic E-state index is 6.28. The van der Waals surface area contributed by atoms with Gasteiger partial charge < -0.3 is 15.6 Å². The van der Waals surface area contributed by atoms with Crippen molar-refractivity contribution >= 4 is 34.5 Å². The average Bonchev–Trinajstić information content (AvgIpc) is 3.22. The molecule has 0 radical (unpaired) electrons. The van der Waals surface area contributed by atoms with E-state index in [-0.39, 0.29) is 5.48 Å². The monoisotopic (exact) mass is 436 g/mol. The fourth-order valence-corrected chi connectivity index (χ4v) is 3.67. The first kappa shape index (κ1) is 25.1. The second kappa shape index (κ2) is 13.3. The van der Waals surface area contributed by atoms with Gasteiger partial charge in [0, 0.05) is 24.4 Å². The summed E-state index contributed by atoms with van der Waals surface area (Å²) in [5, 5.41) is 2.05. The minimum atomic E-state index is 0. The zero-order valence-corrected chi connectivity index (χ0v) is 19.3. The fraction of sp³-hybridized carbons (Fsp3) is 0.385. The largest absolute Gasteiger partial charge is 0.447 e. The van der Waals surface area contributed by atoms with E-state index < -0.39 is 0 Å². The van der Waals surface area contributed by atoms with Crippen LogP contribution in [0.25, 0.3) is 10.8 Å². The molecule has 6 heteroatoms. The molecule has 0 spiro atoms. The van der Waals surface area contributed by atoms with Gasteiger partial charge in [-0.3, -0.25) is 14.9 Å². The molecule has 6 nitrogen and oxygen atoms in total. The van der Waals surface area contributed by atoms with Gasteiger partial charge in [0.1, 0.15) is 6.26 Å². The first-order valence-corrected chi connectivity index (χ1v) is 11.3. The zero-order chi connectivity index (χ0) is 21.9. The van der Waals surface area contributed by atoms with E-state index in [2.05, 4.69) is 41.3 Å². The van der Waals surface area contributed by atoms with Crippen LogP contribution in [0.3, 0.4) is 0 Å². The van der Waals surface area contributed by atoms with Crippen LogP contribution in [0.5, 0.6) is 0 Å². The first-order valence-electron chi connectivity index (χ1n) is 11.3. The number of rotatable bonds is 11. The summed E-state index contributed by atoms with van der Waals surface area (Å²) in [5.74, 6) is 1.08. The number of hydrogen-bond acceptors (Lipinski definition) is 3. The van der Waals surface area contributed by atoms with E-state index in [0.29, 0.717) is 11.8 Å². The van der Waals surface area contributed by atoms with E-state index in [1.165, 1.54) is 31.2 Å². The molecule has 2 aromatic carbocycles. The van der Waals surface area contributed by atoms with Gasteiger partial charge in [-0.15, -0.1) is 0 Å². The number of anilines is 2. The van der Waals surface area contributed by atoms with Gasteiger partial charge >= 0.3 is 0 Å². The Balaban J connectivity index is 0.00000363. The van der Waals surface area contributed by atoms with E-state index in [1.807, 2.05) is 35.2 Å². The Bertz CT molecular complexity index is 1010. The summed E-state index contributed by atoms with van der Waals surface area (Å²) in [6.07, 6.45) is 12.0. The van der Waals surface area contributed by atoms with Crippen LogP contribution in [0.15, 0.2) is 69.2 Å². The fourth-order valence-electron chi connectivity index (χ4n) is 3.67. The Morgan fingerprint density at radius 1 is 1.06 bits per heavy atom. The van der Waals surface area contributed by atoms with Crippen LogP contribution in [0, 0.1) is 0 Å². The molecule has 0 bridgehead atoms. The van der Waals surface area contributed by atoms with Crippen LogP contribution in [-0.2, 0) is 6.42 Å². The average molecular weight is 437 g/mol. The smallest absolute Gasteiger partial charge is 0.214 e. The Morgan fingerprint density at radius 3 is 2.72 bits per heavy atom. The van der Waals surface area contributed by atoms with Crippen molar-refractivity contribution in [2.24, 2.45) is 15.7 Å². The van der Waals surface area contributed by atoms with Crippen molar-refractivity contribution in [1.82, 2.24) is 0 Å². The predicted molar refractivity (Wildman–Crippen MR) is 136 cm³/mol. The van der Waals surface area contributed by atoms with E-state index in [9.17, 15) is 0 Å². The normalized spacial score (nSPS) is 11.8. The lowest BCUT2D eigenvalue weighted by atomic mass is 10.1. The molecule has 0 aliphatic carbocycles. The molecule has 3 aromatic rings. The second-order valence-electron chi connectivity index (χ2n) is 7.76. The predicted octanol–water partition coefficient (Wildman–Crippen LogP) is 5.66. The molecule has 0 amide bonds. The van der Waals surface area contributed by atoms with Crippen molar-refractivity contribution in [2.45, 2.75) is 51.9 Å². The van der Waals surface area contributed by atoms with Crippen molar-refractivity contribution in [3.63, 3.8) is 0 Å². The molecular weight excluding hydrogens is 400 g/mol. The van der Waals surface area contributed by atoms with Crippen molar-refractivity contribution in [3.8, 4) is 0 Å². The number of hydrogen-bond donors (Lipinski definition) is 1. The topological polar surface area (TPSA) is 98.6 Å². The molecule has 0 saturated heterocycles. The van der Waals surface area contributed by atoms with Gasteiger partial charge in [-0.05, 0) is 55.7 Å². The van der Waals surface area contributed by atoms with E-state index in [0.717, 1.165) is 42.3 Å². The van der Waals surface area contributed by atoms with Gasteiger partial charge in [-0.1, -0.05) is 56.5 Å². The Hall–Kier alpha value is -3.12. The summed E-state index contributed by atoms with van der Waals surface area (Å²) in [4.78, 5) is 10.6. The van der Waals surface area contributed by atoms with Crippen LogP contribution in [0.1, 0.15) is 51.0 Å². The molecule has 0 fully saturated rings. The third-order valence-corrected chi connectivity index (χ3v) is 5.39. The summed E-state index contributed by atoms with van der Waals surface area (Å²) < 4.78 is 5.90. The van der Waals surface area contributed by atoms with Crippen LogP contribution >= 0.6 is 0 Å². The summed E-state index contributed by atoms with van der Waals surface area (Å²) in [5.41, 5.74) is 8.49. The van der Waals surface area contributed by atoms with Gasteiger partial charge in [0.2, 0.25) is 11.8 Å². The summed E-state index contributed by atoms with van der Waals surface area (Å²) >= 11 is 0. The van der Waals surface area contributed by atoms with E-state index in [4.69, 9.17) is 10.2 Å². The highest BCUT2D eigenvalue weighted by atomic mass is 16.3. The molecule has 0 aliphatic heterocycles. The third kappa shape index (κ3) is 6.69. The van der Waals surface area contributed by atoms with E-state index in [1.54, 1.807) is 13.3 Å². The molecule has 3 rings (SSSR count). The highest BCUT2D eigenvalue weighted by molar-refractivity contribution is 6.07. The van der Waals surface area contributed by atoms with Crippen LogP contribution in [0.4, 0.5) is 11.6 Å². The highest BCUT2D eigenvalue weighted by Gasteiger charge is 2.19. The van der Waals surface area contributed by atoms with Crippen molar-refractivity contribution < 1.29 is 9.89 Å². The Labute approximate surface area is 191 Å². The molecule has 0 unspecified atom stereocenters. The molecule has 1 aromatic heterocycles. The van der Waals surface area contributed by atoms with Crippen LogP contribution < -0.4 is 10.6 Å². The molecule has 0 aliphatic rings. The molecule has 172 valence electrons. The summed E-state index contributed by atoms with van der Waals surface area (Å²) in [6, 6.07) is 16.5. The molecule has 0 saturated carbocycles. The maximum atomic E-state index is 6.28. The lowest BCUT2D eigenvalue weighted by Gasteiger charge is -2.22. The lowest BCUT2D eigenvalue weighted by molar-refractivity contribution is 0.580. The molecule has 0 atom stereocenters. The van der Waals surface area contributed by atoms with Crippen molar-refractivity contribution in [3.05, 3.63) is 60.4 Å². The van der Waals surface area contributed by atoms with Gasteiger partial charge in [-0.25, -0.2) is 0 Å². The lowest BCUT2D eigenvalue weighted by Crippen LogP contribution is -2.33. The number of benzene rings is 2. The highest BCUT2D eigenvalue weighted by Crippen LogP contribution is 2.34. The molecule has 32 heavy (non-hydrogen) atoms. The van der Waals surface area contributed by atoms with E-state index >= 15 is 0 Å². The number of fused-ring (bicyclic) bond motifs is 1. The SMILES string of the molecule is CCCCCCN=CCCCc1cccc(N(C(N)=NC)c2occ3ccccc23)c1.O.